The molecule has 6 nitrogen and oxygen atoms in total. The molecule has 1 rings (SSSR count). The van der Waals surface area contributed by atoms with Crippen molar-refractivity contribution in [2.45, 2.75) is 12.5 Å². The minimum absolute atomic E-state index is 0.441. The predicted molar refractivity (Wildman–Crippen MR) is 61.1 cm³/mol. The van der Waals surface area contributed by atoms with E-state index in [4.69, 9.17) is 19.3 Å². The Bertz CT molecular complexity index is 224. The van der Waals surface area contributed by atoms with Crippen molar-refractivity contribution in [1.82, 2.24) is 4.90 Å². The van der Waals surface area contributed by atoms with E-state index in [1.54, 1.807) is 7.11 Å². The number of rotatable bonds is 8. The standard InChI is InChI=1S/C11H21NO5/c1-15-5-2-6-16-7-3-12-4-8-17-10(9-12)11(13)14/h10H,2-9H2,1H3,(H,13,14). The first-order valence-corrected chi connectivity index (χ1v) is 5.87. The molecule has 0 aromatic heterocycles. The molecular weight excluding hydrogens is 226 g/mol. The van der Waals surface area contributed by atoms with Gasteiger partial charge in [0.05, 0.1) is 13.2 Å². The van der Waals surface area contributed by atoms with Gasteiger partial charge < -0.3 is 19.3 Å². The molecule has 0 bridgehead atoms. The van der Waals surface area contributed by atoms with Gasteiger partial charge >= 0.3 is 5.97 Å². The first kappa shape index (κ1) is 14.4. The number of ether oxygens (including phenoxy) is 3. The number of hydrogen-bond acceptors (Lipinski definition) is 5. The fourth-order valence-corrected chi connectivity index (χ4v) is 1.66. The van der Waals surface area contributed by atoms with Crippen LogP contribution in [0.15, 0.2) is 0 Å². The summed E-state index contributed by atoms with van der Waals surface area (Å²) in [7, 11) is 1.67. The van der Waals surface area contributed by atoms with Gasteiger partial charge in [-0.05, 0) is 6.42 Å². The largest absolute Gasteiger partial charge is 0.479 e. The molecule has 100 valence electrons. The van der Waals surface area contributed by atoms with E-state index in [1.165, 1.54) is 0 Å². The molecule has 6 heteroatoms. The second kappa shape index (κ2) is 8.41. The summed E-state index contributed by atoms with van der Waals surface area (Å²) in [6, 6.07) is 0. The van der Waals surface area contributed by atoms with Crippen molar-refractivity contribution in [2.75, 3.05) is 53.2 Å². The Kier molecular flexibility index (Phi) is 7.11. The smallest absolute Gasteiger partial charge is 0.334 e. The van der Waals surface area contributed by atoms with E-state index in [0.717, 1.165) is 19.5 Å². The maximum atomic E-state index is 10.8. The lowest BCUT2D eigenvalue weighted by molar-refractivity contribution is -0.156. The van der Waals surface area contributed by atoms with E-state index in [2.05, 4.69) is 4.90 Å². The molecule has 0 amide bonds. The van der Waals surface area contributed by atoms with E-state index in [1.807, 2.05) is 0 Å². The lowest BCUT2D eigenvalue weighted by Crippen LogP contribution is -2.47. The Balaban J connectivity index is 2.04. The molecule has 0 spiro atoms. The molecule has 1 atom stereocenters. The van der Waals surface area contributed by atoms with Crippen LogP contribution in [0.5, 0.6) is 0 Å². The fourth-order valence-electron chi connectivity index (χ4n) is 1.66. The molecule has 0 aromatic rings. The quantitative estimate of drug-likeness (QED) is 0.600. The zero-order chi connectivity index (χ0) is 12.5. The van der Waals surface area contributed by atoms with E-state index in [0.29, 0.717) is 33.0 Å². The van der Waals surface area contributed by atoms with Crippen LogP contribution in [0.3, 0.4) is 0 Å². The monoisotopic (exact) mass is 247 g/mol. The lowest BCUT2D eigenvalue weighted by Gasteiger charge is -2.30. The van der Waals surface area contributed by atoms with Crippen molar-refractivity contribution >= 4 is 5.97 Å². The Morgan fingerprint density at radius 1 is 1.47 bits per heavy atom. The fraction of sp³-hybridized carbons (Fsp3) is 0.909. The number of aliphatic carboxylic acids is 1. The summed E-state index contributed by atoms with van der Waals surface area (Å²) in [5, 5.41) is 8.83. The second-order valence-corrected chi connectivity index (χ2v) is 3.96. The van der Waals surface area contributed by atoms with Crippen molar-refractivity contribution in [2.24, 2.45) is 0 Å². The molecule has 1 aliphatic heterocycles. The van der Waals surface area contributed by atoms with E-state index >= 15 is 0 Å². The highest BCUT2D eigenvalue weighted by Gasteiger charge is 2.25. The highest BCUT2D eigenvalue weighted by molar-refractivity contribution is 5.72. The van der Waals surface area contributed by atoms with Gasteiger partial charge in [-0.25, -0.2) is 4.79 Å². The van der Waals surface area contributed by atoms with Crippen LogP contribution in [0, 0.1) is 0 Å². The summed E-state index contributed by atoms with van der Waals surface area (Å²) in [6.07, 6.45) is 0.189. The SMILES string of the molecule is COCCCOCCN1CCOC(C(=O)O)C1. The number of carbonyl (C=O) groups is 1. The predicted octanol–water partition coefficient (Wildman–Crippen LogP) is -0.175. The molecule has 0 aromatic carbocycles. The van der Waals surface area contributed by atoms with Gasteiger partial charge in [0, 0.05) is 40.0 Å². The molecule has 1 N–H and O–H groups in total. The van der Waals surface area contributed by atoms with E-state index in [9.17, 15) is 4.79 Å². The van der Waals surface area contributed by atoms with Gasteiger partial charge in [0.2, 0.25) is 0 Å². The number of carboxylic acid groups (broad SMARTS) is 1. The third-order valence-electron chi connectivity index (χ3n) is 2.61. The van der Waals surface area contributed by atoms with Gasteiger partial charge in [-0.15, -0.1) is 0 Å². The number of nitrogens with zero attached hydrogens (tertiary/aromatic N) is 1. The highest BCUT2D eigenvalue weighted by Crippen LogP contribution is 2.04. The number of hydrogen-bond donors (Lipinski definition) is 1. The zero-order valence-electron chi connectivity index (χ0n) is 10.3. The molecule has 17 heavy (non-hydrogen) atoms. The minimum atomic E-state index is -0.893. The van der Waals surface area contributed by atoms with E-state index in [-0.39, 0.29) is 0 Å². The summed E-state index contributed by atoms with van der Waals surface area (Å²) < 4.78 is 15.5. The molecule has 1 heterocycles. The van der Waals surface area contributed by atoms with Crippen LogP contribution >= 0.6 is 0 Å². The Hall–Kier alpha value is -0.690. The topological polar surface area (TPSA) is 68.2 Å². The zero-order valence-corrected chi connectivity index (χ0v) is 10.3. The summed E-state index contributed by atoms with van der Waals surface area (Å²) >= 11 is 0. The Morgan fingerprint density at radius 3 is 3.00 bits per heavy atom. The number of morpholine rings is 1. The minimum Gasteiger partial charge on any atom is -0.479 e. The maximum absolute atomic E-state index is 10.8. The van der Waals surface area contributed by atoms with Crippen LogP contribution in [0.25, 0.3) is 0 Å². The molecule has 1 aliphatic rings. The van der Waals surface area contributed by atoms with Gasteiger partial charge in [0.25, 0.3) is 0 Å². The highest BCUT2D eigenvalue weighted by atomic mass is 16.5. The summed E-state index contributed by atoms with van der Waals surface area (Å²) in [6.45, 7) is 4.44. The van der Waals surface area contributed by atoms with Gasteiger partial charge in [-0.2, -0.15) is 0 Å². The molecule has 0 aliphatic carbocycles. The molecule has 0 saturated carbocycles. The molecule has 1 unspecified atom stereocenters. The van der Waals surface area contributed by atoms with E-state index < -0.39 is 12.1 Å². The molecule has 1 saturated heterocycles. The average molecular weight is 247 g/mol. The van der Waals surface area contributed by atoms with Crippen LogP contribution in [-0.4, -0.2) is 75.3 Å². The normalized spacial score (nSPS) is 21.6. The number of methoxy groups -OCH3 is 1. The van der Waals surface area contributed by atoms with Crippen molar-refractivity contribution in [3.63, 3.8) is 0 Å². The first-order valence-electron chi connectivity index (χ1n) is 5.87. The van der Waals surface area contributed by atoms with Crippen LogP contribution in [-0.2, 0) is 19.0 Å². The molecule has 0 radical (unpaired) electrons. The van der Waals surface area contributed by atoms with Crippen LogP contribution in [0.1, 0.15) is 6.42 Å². The first-order chi connectivity index (χ1) is 8.24. The van der Waals surface area contributed by atoms with Gasteiger partial charge in [-0.1, -0.05) is 0 Å². The van der Waals surface area contributed by atoms with Crippen molar-refractivity contribution in [3.05, 3.63) is 0 Å². The van der Waals surface area contributed by atoms with Crippen molar-refractivity contribution in [3.8, 4) is 0 Å². The van der Waals surface area contributed by atoms with Gasteiger partial charge in [0.1, 0.15) is 0 Å². The van der Waals surface area contributed by atoms with Gasteiger partial charge in [-0.3, -0.25) is 4.90 Å². The van der Waals surface area contributed by atoms with Crippen LogP contribution in [0.2, 0.25) is 0 Å². The summed E-state index contributed by atoms with van der Waals surface area (Å²) in [4.78, 5) is 12.8. The molecule has 1 fully saturated rings. The summed E-state index contributed by atoms with van der Waals surface area (Å²) in [5.74, 6) is -0.893. The third kappa shape index (κ3) is 5.97. The molecular formula is C11H21NO5. The lowest BCUT2D eigenvalue weighted by atomic mass is 10.3. The average Bonchev–Trinajstić information content (AvgIpc) is 2.34. The third-order valence-corrected chi connectivity index (χ3v) is 2.61. The Morgan fingerprint density at radius 2 is 2.29 bits per heavy atom. The van der Waals surface area contributed by atoms with Crippen molar-refractivity contribution < 1.29 is 24.1 Å². The second-order valence-electron chi connectivity index (χ2n) is 3.96. The van der Waals surface area contributed by atoms with Crippen molar-refractivity contribution in [1.29, 1.82) is 0 Å². The maximum Gasteiger partial charge on any atom is 0.334 e. The summed E-state index contributed by atoms with van der Waals surface area (Å²) in [5.41, 5.74) is 0. The van der Waals surface area contributed by atoms with Crippen LogP contribution < -0.4 is 0 Å². The van der Waals surface area contributed by atoms with Gasteiger partial charge in [0.15, 0.2) is 6.10 Å². The number of carboxylic acids is 1. The van der Waals surface area contributed by atoms with Crippen LogP contribution in [0.4, 0.5) is 0 Å². The Labute approximate surface area is 101 Å².